The monoisotopic (exact) mass is 209 g/mol. The fourth-order valence-corrected chi connectivity index (χ4v) is 2.06. The van der Waals surface area contributed by atoms with Crippen molar-refractivity contribution in [1.82, 2.24) is 10.2 Å². The predicted molar refractivity (Wildman–Crippen MR) is 58.1 cm³/mol. The topological polar surface area (TPSA) is 56.1 Å². The maximum atomic E-state index is 11.0. The Morgan fingerprint density at radius 3 is 3.13 bits per heavy atom. The molecule has 0 spiro atoms. The highest BCUT2D eigenvalue weighted by Crippen LogP contribution is 2.17. The molecular weight excluding hydrogens is 190 g/mol. The lowest BCUT2D eigenvalue weighted by Crippen LogP contribution is -2.34. The van der Waals surface area contributed by atoms with E-state index in [1.54, 1.807) is 0 Å². The second-order valence-electron chi connectivity index (χ2n) is 4.24. The molecule has 0 aromatic carbocycles. The summed E-state index contributed by atoms with van der Waals surface area (Å²) in [5.41, 5.74) is 0. The molecule has 1 aliphatic heterocycles. The van der Waals surface area contributed by atoms with Crippen LogP contribution in [0, 0.1) is 17.2 Å². The molecule has 1 heterocycles. The van der Waals surface area contributed by atoms with E-state index in [2.05, 4.69) is 17.3 Å². The molecule has 1 fully saturated rings. The molecule has 0 aliphatic carbocycles. The average molecular weight is 209 g/mol. The summed E-state index contributed by atoms with van der Waals surface area (Å²) in [4.78, 5) is 13.3. The molecule has 0 aromatic rings. The number of carbonyl (C=O) groups is 1. The summed E-state index contributed by atoms with van der Waals surface area (Å²) in [5.74, 6) is 0.549. The molecule has 1 N–H and O–H groups in total. The van der Waals surface area contributed by atoms with Crippen LogP contribution >= 0.6 is 0 Å². The molecule has 1 rings (SSSR count). The van der Waals surface area contributed by atoms with Gasteiger partial charge in [0.25, 0.3) is 0 Å². The number of hydrogen-bond acceptors (Lipinski definition) is 3. The van der Waals surface area contributed by atoms with Gasteiger partial charge in [-0.15, -0.1) is 0 Å². The normalized spacial score (nSPS) is 22.0. The molecular formula is C11H19N3O. The van der Waals surface area contributed by atoms with Crippen LogP contribution in [0.2, 0.25) is 0 Å². The average Bonchev–Trinajstić information content (AvgIpc) is 2.18. The number of piperidine rings is 1. The van der Waals surface area contributed by atoms with E-state index in [4.69, 9.17) is 5.26 Å². The molecule has 4 nitrogen and oxygen atoms in total. The van der Waals surface area contributed by atoms with E-state index in [0.717, 1.165) is 13.0 Å². The van der Waals surface area contributed by atoms with E-state index in [1.165, 1.54) is 19.4 Å². The molecule has 1 unspecified atom stereocenters. The largest absolute Gasteiger partial charge is 0.355 e. The van der Waals surface area contributed by atoms with Crippen molar-refractivity contribution in [2.24, 2.45) is 5.92 Å². The van der Waals surface area contributed by atoms with Gasteiger partial charge in [0.2, 0.25) is 5.91 Å². The number of carbonyl (C=O) groups excluding carboxylic acids is 1. The van der Waals surface area contributed by atoms with Crippen molar-refractivity contribution in [3.63, 3.8) is 0 Å². The van der Waals surface area contributed by atoms with E-state index in [-0.39, 0.29) is 12.3 Å². The molecule has 0 bridgehead atoms. The van der Waals surface area contributed by atoms with E-state index >= 15 is 0 Å². The zero-order chi connectivity index (χ0) is 11.1. The first-order chi connectivity index (χ1) is 7.22. The molecule has 0 saturated carbocycles. The Hall–Kier alpha value is -1.08. The number of nitrogens with zero attached hydrogens (tertiary/aromatic N) is 2. The van der Waals surface area contributed by atoms with Gasteiger partial charge < -0.3 is 10.2 Å². The minimum absolute atomic E-state index is 0.0232. The summed E-state index contributed by atoms with van der Waals surface area (Å²) in [6.45, 7) is 3.03. The molecule has 1 saturated heterocycles. The van der Waals surface area contributed by atoms with Crippen molar-refractivity contribution in [3.05, 3.63) is 0 Å². The molecule has 4 heteroatoms. The van der Waals surface area contributed by atoms with Crippen LogP contribution in [0.15, 0.2) is 0 Å². The van der Waals surface area contributed by atoms with Gasteiger partial charge in [-0.1, -0.05) is 0 Å². The van der Waals surface area contributed by atoms with Crippen molar-refractivity contribution in [3.8, 4) is 6.07 Å². The van der Waals surface area contributed by atoms with Crippen molar-refractivity contribution < 1.29 is 4.79 Å². The molecule has 0 radical (unpaired) electrons. The number of likely N-dealkylation sites (tertiary alicyclic amines) is 1. The van der Waals surface area contributed by atoms with Crippen molar-refractivity contribution >= 4 is 5.91 Å². The Kier molecular flexibility index (Phi) is 5.13. The second kappa shape index (κ2) is 6.41. The zero-order valence-electron chi connectivity index (χ0n) is 9.33. The van der Waals surface area contributed by atoms with E-state index in [0.29, 0.717) is 12.5 Å². The third kappa shape index (κ3) is 4.80. The van der Waals surface area contributed by atoms with Gasteiger partial charge in [-0.25, -0.2) is 0 Å². The van der Waals surface area contributed by atoms with Gasteiger partial charge in [0.1, 0.15) is 6.42 Å². The molecule has 1 amide bonds. The number of nitrogens with one attached hydrogen (secondary N) is 1. The van der Waals surface area contributed by atoms with Gasteiger partial charge in [-0.2, -0.15) is 5.26 Å². The van der Waals surface area contributed by atoms with Gasteiger partial charge in [0.05, 0.1) is 6.07 Å². The van der Waals surface area contributed by atoms with Gasteiger partial charge in [-0.05, 0) is 38.8 Å². The first-order valence-electron chi connectivity index (χ1n) is 5.54. The lowest BCUT2D eigenvalue weighted by atomic mass is 9.95. The second-order valence-corrected chi connectivity index (χ2v) is 4.24. The molecule has 84 valence electrons. The Bertz CT molecular complexity index is 247. The van der Waals surface area contributed by atoms with Crippen LogP contribution in [-0.2, 0) is 4.79 Å². The number of hydrogen-bond donors (Lipinski definition) is 1. The van der Waals surface area contributed by atoms with Crippen LogP contribution in [0.3, 0.4) is 0 Å². The first kappa shape index (κ1) is 12.0. The minimum atomic E-state index is -0.151. The lowest BCUT2D eigenvalue weighted by Gasteiger charge is -2.29. The zero-order valence-corrected chi connectivity index (χ0v) is 9.33. The highest BCUT2D eigenvalue weighted by Gasteiger charge is 2.16. The van der Waals surface area contributed by atoms with Crippen LogP contribution in [-0.4, -0.2) is 37.5 Å². The smallest absolute Gasteiger partial charge is 0.234 e. The summed E-state index contributed by atoms with van der Waals surface area (Å²) in [7, 11) is 2.14. The van der Waals surface area contributed by atoms with E-state index in [1.807, 2.05) is 6.07 Å². The molecule has 0 aromatic heterocycles. The molecule has 15 heavy (non-hydrogen) atoms. The van der Waals surface area contributed by atoms with Crippen LogP contribution in [0.4, 0.5) is 0 Å². The Balaban J connectivity index is 2.09. The van der Waals surface area contributed by atoms with Gasteiger partial charge >= 0.3 is 0 Å². The number of rotatable bonds is 4. The highest BCUT2D eigenvalue weighted by molar-refractivity contribution is 5.77. The predicted octanol–water partition coefficient (Wildman–Crippen LogP) is 0.748. The summed E-state index contributed by atoms with van der Waals surface area (Å²) in [5, 5.41) is 11.1. The third-order valence-electron chi connectivity index (χ3n) is 2.84. The highest BCUT2D eigenvalue weighted by atomic mass is 16.1. The van der Waals surface area contributed by atoms with Crippen molar-refractivity contribution in [2.45, 2.75) is 25.7 Å². The Morgan fingerprint density at radius 2 is 2.47 bits per heavy atom. The van der Waals surface area contributed by atoms with Crippen LogP contribution < -0.4 is 5.32 Å². The van der Waals surface area contributed by atoms with E-state index in [9.17, 15) is 4.79 Å². The summed E-state index contributed by atoms with van der Waals surface area (Å²) < 4.78 is 0. The quantitative estimate of drug-likeness (QED) is 0.743. The van der Waals surface area contributed by atoms with Gasteiger partial charge in [0, 0.05) is 13.1 Å². The SMILES string of the molecule is CN1CCCC(CCNC(=O)CC#N)C1. The number of amides is 1. The standard InChI is InChI=1S/C11H19N3O/c1-14-8-2-3-10(9-14)5-7-13-11(15)4-6-12/h10H,2-5,7-9H2,1H3,(H,13,15). The van der Waals surface area contributed by atoms with Crippen LogP contribution in [0.1, 0.15) is 25.7 Å². The fourth-order valence-electron chi connectivity index (χ4n) is 2.06. The van der Waals surface area contributed by atoms with Gasteiger partial charge in [-0.3, -0.25) is 4.79 Å². The van der Waals surface area contributed by atoms with Crippen molar-refractivity contribution in [1.29, 1.82) is 5.26 Å². The Morgan fingerprint density at radius 1 is 1.67 bits per heavy atom. The number of nitriles is 1. The summed E-state index contributed by atoms with van der Waals surface area (Å²) in [6, 6.07) is 1.84. The minimum Gasteiger partial charge on any atom is -0.355 e. The van der Waals surface area contributed by atoms with Crippen molar-refractivity contribution in [2.75, 3.05) is 26.7 Å². The molecule has 1 aliphatic rings. The van der Waals surface area contributed by atoms with Crippen LogP contribution in [0.5, 0.6) is 0 Å². The van der Waals surface area contributed by atoms with Gasteiger partial charge in [0.15, 0.2) is 0 Å². The first-order valence-corrected chi connectivity index (χ1v) is 5.54. The Labute approximate surface area is 91.2 Å². The van der Waals surface area contributed by atoms with Crippen LogP contribution in [0.25, 0.3) is 0 Å². The van der Waals surface area contributed by atoms with E-state index < -0.39 is 0 Å². The lowest BCUT2D eigenvalue weighted by molar-refractivity contribution is -0.120. The third-order valence-corrected chi connectivity index (χ3v) is 2.84. The maximum absolute atomic E-state index is 11.0. The maximum Gasteiger partial charge on any atom is 0.234 e. The fraction of sp³-hybridized carbons (Fsp3) is 0.818. The summed E-state index contributed by atoms with van der Waals surface area (Å²) >= 11 is 0. The summed E-state index contributed by atoms with van der Waals surface area (Å²) in [6.07, 6.45) is 3.53. The molecule has 1 atom stereocenters.